The van der Waals surface area contributed by atoms with E-state index in [-0.39, 0.29) is 17.5 Å². The summed E-state index contributed by atoms with van der Waals surface area (Å²) in [5, 5.41) is 11.5. The summed E-state index contributed by atoms with van der Waals surface area (Å²) in [7, 11) is 0. The highest BCUT2D eigenvalue weighted by atomic mass is 19.1. The summed E-state index contributed by atoms with van der Waals surface area (Å²) in [6.07, 6.45) is 2.28. The number of carbonyl (C=O) groups is 1. The molecule has 1 aliphatic rings. The van der Waals surface area contributed by atoms with Gasteiger partial charge in [0.25, 0.3) is 5.91 Å². The molecule has 0 radical (unpaired) electrons. The average molecular weight is 250 g/mol. The largest absolute Gasteiger partial charge is 0.348 e. The molecule has 1 N–H and O–H groups in total. The van der Waals surface area contributed by atoms with Crippen LogP contribution in [-0.2, 0) is 0 Å². The van der Waals surface area contributed by atoms with Gasteiger partial charge in [-0.2, -0.15) is 5.26 Å². The number of halogens is 2. The van der Waals surface area contributed by atoms with Crippen molar-refractivity contribution < 1.29 is 13.6 Å². The van der Waals surface area contributed by atoms with Crippen molar-refractivity contribution in [3.8, 4) is 6.07 Å². The fourth-order valence-electron chi connectivity index (χ4n) is 2.20. The van der Waals surface area contributed by atoms with Crippen molar-refractivity contribution in [1.29, 1.82) is 5.26 Å². The van der Waals surface area contributed by atoms with Gasteiger partial charge in [0.05, 0.1) is 17.6 Å². The summed E-state index contributed by atoms with van der Waals surface area (Å²) in [6.45, 7) is 0. The second-order valence-corrected chi connectivity index (χ2v) is 4.37. The molecule has 5 heteroatoms. The van der Waals surface area contributed by atoms with Gasteiger partial charge >= 0.3 is 0 Å². The minimum absolute atomic E-state index is 0.245. The molecule has 1 fully saturated rings. The molecule has 2 unspecified atom stereocenters. The van der Waals surface area contributed by atoms with E-state index in [0.717, 1.165) is 31.0 Å². The maximum Gasteiger partial charge on any atom is 0.254 e. The molecule has 18 heavy (non-hydrogen) atoms. The molecule has 1 aromatic carbocycles. The highest BCUT2D eigenvalue weighted by Gasteiger charge is 2.29. The molecule has 0 aliphatic heterocycles. The summed E-state index contributed by atoms with van der Waals surface area (Å²) < 4.78 is 26.3. The van der Waals surface area contributed by atoms with Crippen molar-refractivity contribution in [1.82, 2.24) is 5.32 Å². The van der Waals surface area contributed by atoms with Gasteiger partial charge in [-0.05, 0) is 37.5 Å². The minimum atomic E-state index is -0.764. The van der Waals surface area contributed by atoms with Crippen molar-refractivity contribution in [3.05, 3.63) is 35.4 Å². The second-order valence-electron chi connectivity index (χ2n) is 4.37. The Morgan fingerprint density at radius 2 is 2.17 bits per heavy atom. The Kier molecular flexibility index (Phi) is 3.56. The zero-order chi connectivity index (χ0) is 13.1. The van der Waals surface area contributed by atoms with Gasteiger partial charge < -0.3 is 5.32 Å². The molecule has 0 aromatic heterocycles. The number of rotatable bonds is 2. The molecular weight excluding hydrogens is 238 g/mol. The average Bonchev–Trinajstić information content (AvgIpc) is 2.79. The molecule has 1 saturated carbocycles. The predicted molar refractivity (Wildman–Crippen MR) is 60.6 cm³/mol. The molecule has 1 aromatic rings. The predicted octanol–water partition coefficient (Wildman–Crippen LogP) is 2.39. The first-order chi connectivity index (χ1) is 8.61. The molecular formula is C13H12F2N2O. The Balaban J connectivity index is 2.13. The van der Waals surface area contributed by atoms with Crippen LogP contribution < -0.4 is 5.32 Å². The number of benzene rings is 1. The van der Waals surface area contributed by atoms with E-state index in [1.807, 2.05) is 0 Å². The maximum absolute atomic E-state index is 13.4. The van der Waals surface area contributed by atoms with Crippen LogP contribution >= 0.6 is 0 Å². The van der Waals surface area contributed by atoms with Crippen molar-refractivity contribution >= 4 is 5.91 Å². The van der Waals surface area contributed by atoms with Crippen LogP contribution in [0, 0.1) is 28.9 Å². The molecule has 1 aliphatic carbocycles. The lowest BCUT2D eigenvalue weighted by atomic mass is 10.1. The molecule has 0 saturated heterocycles. The molecule has 94 valence electrons. The third kappa shape index (κ3) is 2.48. The SMILES string of the molecule is N#CC1CCCC1NC(=O)c1cc(F)ccc1F. The number of amides is 1. The summed E-state index contributed by atoms with van der Waals surface area (Å²) >= 11 is 0. The van der Waals surface area contributed by atoms with Crippen LogP contribution in [0.25, 0.3) is 0 Å². The van der Waals surface area contributed by atoms with E-state index >= 15 is 0 Å². The summed E-state index contributed by atoms with van der Waals surface area (Å²) in [5.74, 6) is -2.34. The van der Waals surface area contributed by atoms with E-state index in [9.17, 15) is 13.6 Å². The Bertz CT molecular complexity index is 510. The van der Waals surface area contributed by atoms with Gasteiger partial charge in [-0.1, -0.05) is 0 Å². The summed E-state index contributed by atoms with van der Waals surface area (Å²) in [5.41, 5.74) is -0.321. The zero-order valence-electron chi connectivity index (χ0n) is 9.62. The maximum atomic E-state index is 13.4. The fraction of sp³-hybridized carbons (Fsp3) is 0.385. The van der Waals surface area contributed by atoms with Crippen LogP contribution in [0.4, 0.5) is 8.78 Å². The molecule has 0 bridgehead atoms. The third-order valence-corrected chi connectivity index (χ3v) is 3.17. The quantitative estimate of drug-likeness (QED) is 0.876. The summed E-state index contributed by atoms with van der Waals surface area (Å²) in [4.78, 5) is 11.8. The second kappa shape index (κ2) is 5.13. The van der Waals surface area contributed by atoms with Gasteiger partial charge in [0.2, 0.25) is 0 Å². The van der Waals surface area contributed by atoms with Crippen LogP contribution in [0.15, 0.2) is 18.2 Å². The fourth-order valence-corrected chi connectivity index (χ4v) is 2.20. The van der Waals surface area contributed by atoms with Gasteiger partial charge in [-0.25, -0.2) is 8.78 Å². The number of nitrogens with one attached hydrogen (secondary N) is 1. The van der Waals surface area contributed by atoms with E-state index in [0.29, 0.717) is 6.42 Å². The van der Waals surface area contributed by atoms with Gasteiger partial charge in [-0.3, -0.25) is 4.79 Å². The summed E-state index contributed by atoms with van der Waals surface area (Å²) in [6, 6.07) is 4.58. The third-order valence-electron chi connectivity index (χ3n) is 3.17. The van der Waals surface area contributed by atoms with Gasteiger partial charge in [0, 0.05) is 6.04 Å². The first-order valence-electron chi connectivity index (χ1n) is 5.77. The van der Waals surface area contributed by atoms with Gasteiger partial charge in [0.15, 0.2) is 0 Å². The topological polar surface area (TPSA) is 52.9 Å². The normalized spacial score (nSPS) is 22.5. The number of hydrogen-bond acceptors (Lipinski definition) is 2. The van der Waals surface area contributed by atoms with Crippen molar-refractivity contribution in [2.45, 2.75) is 25.3 Å². The molecule has 2 atom stereocenters. The Morgan fingerprint density at radius 3 is 2.89 bits per heavy atom. The first-order valence-corrected chi connectivity index (χ1v) is 5.77. The smallest absolute Gasteiger partial charge is 0.254 e. The number of nitrogens with zero attached hydrogens (tertiary/aromatic N) is 1. The van der Waals surface area contributed by atoms with Crippen molar-refractivity contribution in [2.24, 2.45) is 5.92 Å². The minimum Gasteiger partial charge on any atom is -0.348 e. The molecule has 0 spiro atoms. The van der Waals surface area contributed by atoms with E-state index in [1.54, 1.807) is 0 Å². The van der Waals surface area contributed by atoms with Gasteiger partial charge in [0.1, 0.15) is 11.6 Å². The van der Waals surface area contributed by atoms with Crippen LogP contribution in [0.3, 0.4) is 0 Å². The van der Waals surface area contributed by atoms with E-state index in [4.69, 9.17) is 5.26 Å². The monoisotopic (exact) mass is 250 g/mol. The molecule has 3 nitrogen and oxygen atoms in total. The number of hydrogen-bond donors (Lipinski definition) is 1. The Morgan fingerprint density at radius 1 is 1.39 bits per heavy atom. The lowest BCUT2D eigenvalue weighted by Crippen LogP contribution is -2.37. The lowest BCUT2D eigenvalue weighted by Gasteiger charge is -2.15. The lowest BCUT2D eigenvalue weighted by molar-refractivity contribution is 0.0928. The van der Waals surface area contributed by atoms with Crippen LogP contribution in [-0.4, -0.2) is 11.9 Å². The molecule has 2 rings (SSSR count). The van der Waals surface area contributed by atoms with E-state index < -0.39 is 17.5 Å². The zero-order valence-corrected chi connectivity index (χ0v) is 9.62. The standard InChI is InChI=1S/C13H12F2N2O/c14-9-4-5-11(15)10(6-9)13(18)17-12-3-1-2-8(12)7-16/h4-6,8,12H,1-3H2,(H,17,18). The van der Waals surface area contributed by atoms with Gasteiger partial charge in [-0.15, -0.1) is 0 Å². The van der Waals surface area contributed by atoms with E-state index in [2.05, 4.69) is 11.4 Å². The first kappa shape index (κ1) is 12.5. The highest BCUT2D eigenvalue weighted by Crippen LogP contribution is 2.25. The van der Waals surface area contributed by atoms with Crippen LogP contribution in [0.2, 0.25) is 0 Å². The van der Waals surface area contributed by atoms with Crippen LogP contribution in [0.5, 0.6) is 0 Å². The molecule has 0 heterocycles. The van der Waals surface area contributed by atoms with E-state index in [1.165, 1.54) is 0 Å². The number of nitriles is 1. The number of carbonyl (C=O) groups excluding carboxylic acids is 1. The Labute approximate surface area is 103 Å². The highest BCUT2D eigenvalue weighted by molar-refractivity contribution is 5.94. The van der Waals surface area contributed by atoms with Crippen molar-refractivity contribution in [3.63, 3.8) is 0 Å². The van der Waals surface area contributed by atoms with Crippen LogP contribution in [0.1, 0.15) is 29.6 Å². The Hall–Kier alpha value is -1.96. The van der Waals surface area contributed by atoms with Crippen molar-refractivity contribution in [2.75, 3.05) is 0 Å². The molecule has 1 amide bonds.